The summed E-state index contributed by atoms with van der Waals surface area (Å²) in [5, 5.41) is 8.42. The second kappa shape index (κ2) is 20.0. The summed E-state index contributed by atoms with van der Waals surface area (Å²) in [6, 6.07) is 12.8. The van der Waals surface area contributed by atoms with Gasteiger partial charge in [0.25, 0.3) is 0 Å². The average Bonchev–Trinajstić information content (AvgIpc) is 2.97. The van der Waals surface area contributed by atoms with Crippen molar-refractivity contribution in [3.63, 3.8) is 0 Å². The average molecular weight is 609 g/mol. The Morgan fingerprint density at radius 2 is 1.05 bits per heavy atom. The van der Waals surface area contributed by atoms with E-state index in [2.05, 4.69) is 0 Å². The van der Waals surface area contributed by atoms with Crippen LogP contribution in [0.25, 0.3) is 0 Å². The second-order valence-corrected chi connectivity index (χ2v) is 11.4. The predicted octanol–water partition coefficient (Wildman–Crippen LogP) is 3.17. The first-order valence-corrected chi connectivity index (χ1v) is 15.4. The third-order valence-electron chi connectivity index (χ3n) is 5.91. The first-order chi connectivity index (χ1) is 20.2. The molecule has 12 heteroatoms. The van der Waals surface area contributed by atoms with Gasteiger partial charge in [-0.3, -0.25) is 9.59 Å². The largest absolute Gasteiger partial charge is 0.480 e. The monoisotopic (exact) mass is 608 g/mol. The van der Waals surface area contributed by atoms with Crippen molar-refractivity contribution >= 4 is 27.4 Å². The zero-order valence-corrected chi connectivity index (χ0v) is 24.8. The highest BCUT2D eigenvalue weighted by molar-refractivity contribution is 7.91. The molecule has 0 aliphatic rings. The van der Waals surface area contributed by atoms with Crippen molar-refractivity contribution in [3.8, 4) is 0 Å². The van der Waals surface area contributed by atoms with E-state index < -0.39 is 15.8 Å². The van der Waals surface area contributed by atoms with Crippen LogP contribution in [0.3, 0.4) is 0 Å². The molecule has 232 valence electrons. The van der Waals surface area contributed by atoms with Gasteiger partial charge < -0.3 is 28.8 Å². The fourth-order valence-corrected chi connectivity index (χ4v) is 4.84. The SMILES string of the molecule is Cc1ccc(S(=O)(=O)CCC(=O)c2ccc(C(=O)CCCOCCOCCOCCOCCOCC(=O)O)cc2)cc1. The molecule has 0 radical (unpaired) electrons. The molecule has 1 N–H and O–H groups in total. The summed E-state index contributed by atoms with van der Waals surface area (Å²) in [7, 11) is -3.55. The molecule has 0 aliphatic heterocycles. The highest BCUT2D eigenvalue weighted by Gasteiger charge is 2.17. The van der Waals surface area contributed by atoms with Gasteiger partial charge in [-0.15, -0.1) is 0 Å². The standard InChI is InChI=1S/C30H40O11S/c1-24-4-10-27(11-5-24)42(35,36)22-12-29(32)26-8-6-25(7-9-26)28(31)3-2-13-37-14-15-38-16-17-39-18-19-40-20-21-41-23-30(33)34/h4-11H,2-3,12-23H2,1H3,(H,33,34). The molecule has 0 aliphatic carbocycles. The molecule has 0 spiro atoms. The number of carboxylic acid groups (broad SMARTS) is 1. The zero-order valence-electron chi connectivity index (χ0n) is 24.0. The minimum Gasteiger partial charge on any atom is -0.480 e. The Bertz CT molecular complexity index is 1190. The van der Waals surface area contributed by atoms with Crippen molar-refractivity contribution in [2.24, 2.45) is 0 Å². The molecule has 2 aromatic rings. The molecule has 0 aromatic heterocycles. The minimum atomic E-state index is -3.55. The Labute approximate surface area is 247 Å². The van der Waals surface area contributed by atoms with Crippen LogP contribution in [0.4, 0.5) is 0 Å². The van der Waals surface area contributed by atoms with E-state index in [1.807, 2.05) is 6.92 Å². The van der Waals surface area contributed by atoms with Gasteiger partial charge >= 0.3 is 5.97 Å². The Kier molecular flexibility index (Phi) is 16.8. The number of carbonyl (C=O) groups excluding carboxylic acids is 2. The molecule has 0 saturated carbocycles. The maximum absolute atomic E-state index is 12.5. The van der Waals surface area contributed by atoms with Crippen molar-refractivity contribution < 1.29 is 51.6 Å². The van der Waals surface area contributed by atoms with E-state index in [4.69, 9.17) is 28.8 Å². The first-order valence-electron chi connectivity index (χ1n) is 13.8. The number of rotatable bonds is 24. The lowest BCUT2D eigenvalue weighted by atomic mass is 10.0. The smallest absolute Gasteiger partial charge is 0.329 e. The maximum atomic E-state index is 12.5. The van der Waals surface area contributed by atoms with Crippen molar-refractivity contribution in [1.82, 2.24) is 0 Å². The van der Waals surface area contributed by atoms with E-state index in [0.717, 1.165) is 5.56 Å². The summed E-state index contributed by atoms with van der Waals surface area (Å²) in [5.74, 6) is -1.65. The molecule has 0 heterocycles. The summed E-state index contributed by atoms with van der Waals surface area (Å²) < 4.78 is 51.3. The van der Waals surface area contributed by atoms with Crippen LogP contribution >= 0.6 is 0 Å². The molecule has 0 amide bonds. The Morgan fingerprint density at radius 1 is 0.619 bits per heavy atom. The molecular formula is C30H40O11S. The summed E-state index contributed by atoms with van der Waals surface area (Å²) >= 11 is 0. The van der Waals surface area contributed by atoms with E-state index in [9.17, 15) is 22.8 Å². The van der Waals surface area contributed by atoms with E-state index in [-0.39, 0.29) is 41.8 Å². The van der Waals surface area contributed by atoms with Crippen molar-refractivity contribution in [2.45, 2.75) is 31.1 Å². The number of ether oxygens (including phenoxy) is 5. The van der Waals surface area contributed by atoms with Gasteiger partial charge in [0.05, 0.1) is 63.5 Å². The third-order valence-corrected chi connectivity index (χ3v) is 7.64. The molecule has 42 heavy (non-hydrogen) atoms. The number of benzene rings is 2. The zero-order chi connectivity index (χ0) is 30.6. The molecule has 2 aromatic carbocycles. The van der Waals surface area contributed by atoms with E-state index >= 15 is 0 Å². The lowest BCUT2D eigenvalue weighted by Gasteiger charge is -2.08. The van der Waals surface area contributed by atoms with Crippen LogP contribution < -0.4 is 0 Å². The molecule has 0 bridgehead atoms. The molecule has 11 nitrogen and oxygen atoms in total. The molecule has 2 rings (SSSR count). The van der Waals surface area contributed by atoms with Crippen LogP contribution in [0.1, 0.15) is 45.5 Å². The summed E-state index contributed by atoms with van der Waals surface area (Å²) in [6.45, 7) is 4.83. The Morgan fingerprint density at radius 3 is 1.52 bits per heavy atom. The van der Waals surface area contributed by atoms with Gasteiger partial charge in [-0.1, -0.05) is 42.0 Å². The van der Waals surface area contributed by atoms with Gasteiger partial charge in [0, 0.05) is 30.6 Å². The summed E-state index contributed by atoms with van der Waals surface area (Å²) in [4.78, 5) is 35.4. The third kappa shape index (κ3) is 14.8. The van der Waals surface area contributed by atoms with Gasteiger partial charge in [0.15, 0.2) is 21.4 Å². The topological polar surface area (TPSA) is 152 Å². The van der Waals surface area contributed by atoms with Crippen molar-refractivity contribution in [3.05, 3.63) is 65.2 Å². The number of hydrogen-bond acceptors (Lipinski definition) is 10. The normalized spacial score (nSPS) is 11.5. The molecule has 0 saturated heterocycles. The van der Waals surface area contributed by atoms with Crippen LogP contribution in [-0.2, 0) is 38.3 Å². The minimum absolute atomic E-state index is 0.0651. The van der Waals surface area contributed by atoms with Crippen LogP contribution in [0, 0.1) is 6.92 Å². The van der Waals surface area contributed by atoms with E-state index in [1.54, 1.807) is 48.5 Å². The van der Waals surface area contributed by atoms with Crippen LogP contribution in [-0.4, -0.2) is 103 Å². The Hall–Kier alpha value is -3.00. The van der Waals surface area contributed by atoms with Crippen LogP contribution in [0.2, 0.25) is 0 Å². The predicted molar refractivity (Wildman–Crippen MR) is 154 cm³/mol. The molecular weight excluding hydrogens is 568 g/mol. The first kappa shape index (κ1) is 35.2. The number of hydrogen-bond donors (Lipinski definition) is 1. The number of ketones is 2. The number of aryl methyl sites for hydroxylation is 1. The number of carbonyl (C=O) groups is 3. The van der Waals surface area contributed by atoms with Gasteiger partial charge in [-0.05, 0) is 25.5 Å². The van der Waals surface area contributed by atoms with Crippen molar-refractivity contribution in [1.29, 1.82) is 0 Å². The van der Waals surface area contributed by atoms with Gasteiger partial charge in [0.1, 0.15) is 6.61 Å². The lowest BCUT2D eigenvalue weighted by Crippen LogP contribution is -2.14. The van der Waals surface area contributed by atoms with Crippen LogP contribution in [0.5, 0.6) is 0 Å². The summed E-state index contributed by atoms with van der Waals surface area (Å²) in [6.07, 6.45) is 0.701. The fraction of sp³-hybridized carbons (Fsp3) is 0.500. The number of Topliss-reactive ketones (excluding diaryl/α,β-unsaturated/α-hetero) is 2. The number of sulfone groups is 1. The molecule has 0 fully saturated rings. The highest BCUT2D eigenvalue weighted by Crippen LogP contribution is 2.15. The maximum Gasteiger partial charge on any atom is 0.329 e. The van der Waals surface area contributed by atoms with Crippen molar-refractivity contribution in [2.75, 3.05) is 71.8 Å². The number of carboxylic acids is 1. The van der Waals surface area contributed by atoms with Crippen LogP contribution in [0.15, 0.2) is 53.4 Å². The second-order valence-electron chi connectivity index (χ2n) is 9.30. The Balaban J connectivity index is 1.49. The van der Waals surface area contributed by atoms with E-state index in [0.29, 0.717) is 76.8 Å². The lowest BCUT2D eigenvalue weighted by molar-refractivity contribution is -0.142. The van der Waals surface area contributed by atoms with Gasteiger partial charge in [-0.2, -0.15) is 0 Å². The summed E-state index contributed by atoms with van der Waals surface area (Å²) in [5.41, 5.74) is 1.81. The highest BCUT2D eigenvalue weighted by atomic mass is 32.2. The quantitative estimate of drug-likeness (QED) is 0.138. The number of aliphatic carboxylic acids is 1. The molecule has 0 atom stereocenters. The fourth-order valence-electron chi connectivity index (χ4n) is 3.60. The van der Waals surface area contributed by atoms with E-state index in [1.165, 1.54) is 0 Å². The molecule has 0 unspecified atom stereocenters. The van der Waals surface area contributed by atoms with Gasteiger partial charge in [0.2, 0.25) is 0 Å². The van der Waals surface area contributed by atoms with Gasteiger partial charge in [-0.25, -0.2) is 13.2 Å².